The van der Waals surface area contributed by atoms with Crippen molar-refractivity contribution in [3.63, 3.8) is 0 Å². The molecule has 1 N–H and O–H groups in total. The minimum absolute atomic E-state index is 0.232. The first-order chi connectivity index (χ1) is 9.02. The van der Waals surface area contributed by atoms with Gasteiger partial charge in [0.05, 0.1) is 6.10 Å². The number of hydrogen-bond donors (Lipinski definition) is 1. The molecule has 1 aromatic rings. The molecule has 0 fully saturated rings. The number of benzene rings is 1. The lowest BCUT2D eigenvalue weighted by Gasteiger charge is -2.22. The van der Waals surface area contributed by atoms with Crippen LogP contribution in [0.4, 0.5) is 0 Å². The Balaban J connectivity index is 2.72. The van der Waals surface area contributed by atoms with Crippen LogP contribution in [0.1, 0.15) is 65.5 Å². The van der Waals surface area contributed by atoms with Gasteiger partial charge in [-0.2, -0.15) is 0 Å². The summed E-state index contributed by atoms with van der Waals surface area (Å²) < 4.78 is 5.69. The van der Waals surface area contributed by atoms with Gasteiger partial charge >= 0.3 is 0 Å². The predicted molar refractivity (Wildman–Crippen MR) is 82.7 cm³/mol. The molecule has 0 saturated heterocycles. The van der Waals surface area contributed by atoms with E-state index in [0.717, 1.165) is 5.75 Å². The molecule has 0 heterocycles. The second kappa shape index (κ2) is 8.21. The van der Waals surface area contributed by atoms with E-state index in [1.807, 2.05) is 0 Å². The zero-order valence-electron chi connectivity index (χ0n) is 13.1. The maximum Gasteiger partial charge on any atom is 0.119 e. The van der Waals surface area contributed by atoms with Crippen molar-refractivity contribution in [3.05, 3.63) is 29.8 Å². The summed E-state index contributed by atoms with van der Waals surface area (Å²) in [7, 11) is 0. The van der Waals surface area contributed by atoms with Crippen molar-refractivity contribution in [2.45, 2.75) is 72.1 Å². The predicted octanol–water partition coefficient (Wildman–Crippen LogP) is 4.70. The molecule has 2 heteroatoms. The molecule has 0 bridgehead atoms. The van der Waals surface area contributed by atoms with Gasteiger partial charge in [0, 0.05) is 12.1 Å². The second-order valence-corrected chi connectivity index (χ2v) is 5.75. The minimum atomic E-state index is 0.232. The Hall–Kier alpha value is -1.02. The number of ether oxygens (including phenoxy) is 1. The van der Waals surface area contributed by atoms with Crippen LogP contribution in [0.2, 0.25) is 0 Å². The van der Waals surface area contributed by atoms with Gasteiger partial charge in [-0.05, 0) is 38.0 Å². The summed E-state index contributed by atoms with van der Waals surface area (Å²) in [5, 5.41) is 3.65. The summed E-state index contributed by atoms with van der Waals surface area (Å²) in [6.07, 6.45) is 3.92. The highest BCUT2D eigenvalue weighted by atomic mass is 16.5. The summed E-state index contributed by atoms with van der Waals surface area (Å²) >= 11 is 0. The first-order valence-corrected chi connectivity index (χ1v) is 7.55. The van der Waals surface area contributed by atoms with Crippen molar-refractivity contribution in [1.29, 1.82) is 0 Å². The quantitative estimate of drug-likeness (QED) is 0.734. The van der Waals surface area contributed by atoms with E-state index in [9.17, 15) is 0 Å². The van der Waals surface area contributed by atoms with Crippen molar-refractivity contribution >= 4 is 0 Å². The molecule has 0 aromatic heterocycles. The van der Waals surface area contributed by atoms with E-state index in [4.69, 9.17) is 4.74 Å². The van der Waals surface area contributed by atoms with Gasteiger partial charge in [-0.15, -0.1) is 0 Å². The molecule has 1 atom stereocenters. The van der Waals surface area contributed by atoms with Crippen molar-refractivity contribution in [1.82, 2.24) is 5.32 Å². The summed E-state index contributed by atoms with van der Waals surface area (Å²) in [6, 6.07) is 9.49. The maximum atomic E-state index is 5.69. The van der Waals surface area contributed by atoms with E-state index in [0.29, 0.717) is 12.1 Å². The smallest absolute Gasteiger partial charge is 0.119 e. The molecule has 1 rings (SSSR count). The molecule has 0 aliphatic heterocycles. The van der Waals surface area contributed by atoms with Crippen molar-refractivity contribution < 1.29 is 4.74 Å². The zero-order valence-corrected chi connectivity index (χ0v) is 13.1. The molecule has 0 amide bonds. The Morgan fingerprint density at radius 3 is 2.16 bits per heavy atom. The Labute approximate surface area is 118 Å². The summed E-state index contributed by atoms with van der Waals surface area (Å²) in [5.41, 5.74) is 1.36. The van der Waals surface area contributed by atoms with Gasteiger partial charge in [0.15, 0.2) is 0 Å². The van der Waals surface area contributed by atoms with E-state index >= 15 is 0 Å². The third-order valence-corrected chi connectivity index (χ3v) is 3.04. The molecule has 0 aliphatic carbocycles. The Morgan fingerprint density at radius 1 is 1.05 bits per heavy atom. The Bertz CT molecular complexity index is 343. The molecule has 0 spiro atoms. The highest BCUT2D eigenvalue weighted by molar-refractivity contribution is 5.29. The largest absolute Gasteiger partial charge is 0.491 e. The molecular formula is C17H29NO. The third kappa shape index (κ3) is 6.11. The fourth-order valence-corrected chi connectivity index (χ4v) is 2.21. The zero-order chi connectivity index (χ0) is 14.3. The molecule has 2 nitrogen and oxygen atoms in total. The number of nitrogens with one attached hydrogen (secondary N) is 1. The molecule has 108 valence electrons. The van der Waals surface area contributed by atoms with Crippen LogP contribution < -0.4 is 10.1 Å². The normalized spacial score (nSPS) is 13.0. The van der Waals surface area contributed by atoms with E-state index < -0.39 is 0 Å². The topological polar surface area (TPSA) is 21.3 Å². The number of hydrogen-bond acceptors (Lipinski definition) is 2. The first-order valence-electron chi connectivity index (χ1n) is 7.55. The van der Waals surface area contributed by atoms with Crippen LogP contribution in [-0.4, -0.2) is 12.1 Å². The minimum Gasteiger partial charge on any atom is -0.491 e. The monoisotopic (exact) mass is 263 g/mol. The molecule has 1 unspecified atom stereocenters. The van der Waals surface area contributed by atoms with Gasteiger partial charge in [-0.1, -0.05) is 45.7 Å². The lowest BCUT2D eigenvalue weighted by molar-refractivity contribution is 0.242. The summed E-state index contributed by atoms with van der Waals surface area (Å²) in [4.78, 5) is 0. The summed E-state index contributed by atoms with van der Waals surface area (Å²) in [6.45, 7) is 10.8. The average Bonchev–Trinajstić information content (AvgIpc) is 2.34. The highest BCUT2D eigenvalue weighted by Gasteiger charge is 2.12. The molecule has 0 aliphatic rings. The van der Waals surface area contributed by atoms with Gasteiger partial charge in [-0.3, -0.25) is 0 Å². The van der Waals surface area contributed by atoms with Crippen molar-refractivity contribution in [2.24, 2.45) is 0 Å². The molecule has 0 saturated carbocycles. The van der Waals surface area contributed by atoms with Gasteiger partial charge in [0.1, 0.15) is 5.75 Å². The fraction of sp³-hybridized carbons (Fsp3) is 0.647. The summed E-state index contributed by atoms with van der Waals surface area (Å²) in [5.74, 6) is 0.956. The Morgan fingerprint density at radius 2 is 1.68 bits per heavy atom. The van der Waals surface area contributed by atoms with Gasteiger partial charge < -0.3 is 10.1 Å². The van der Waals surface area contributed by atoms with Gasteiger partial charge in [0.25, 0.3) is 0 Å². The molecule has 19 heavy (non-hydrogen) atoms. The third-order valence-electron chi connectivity index (χ3n) is 3.04. The SMILES string of the molecule is CCCCC(NC(C)C)c1ccc(OC(C)C)cc1. The number of rotatable bonds is 8. The van der Waals surface area contributed by atoms with Crippen LogP contribution in [0.5, 0.6) is 5.75 Å². The first kappa shape index (κ1) is 16.0. The van der Waals surface area contributed by atoms with Crippen LogP contribution in [-0.2, 0) is 0 Å². The lowest BCUT2D eigenvalue weighted by Crippen LogP contribution is -2.28. The second-order valence-electron chi connectivity index (χ2n) is 5.75. The molecular weight excluding hydrogens is 234 g/mol. The van der Waals surface area contributed by atoms with E-state index in [2.05, 4.69) is 64.2 Å². The van der Waals surface area contributed by atoms with Crippen LogP contribution in [0, 0.1) is 0 Å². The van der Waals surface area contributed by atoms with E-state index in [1.165, 1.54) is 24.8 Å². The van der Waals surface area contributed by atoms with Crippen LogP contribution in [0.15, 0.2) is 24.3 Å². The van der Waals surface area contributed by atoms with Crippen molar-refractivity contribution in [2.75, 3.05) is 0 Å². The van der Waals surface area contributed by atoms with Crippen LogP contribution in [0.25, 0.3) is 0 Å². The van der Waals surface area contributed by atoms with Crippen LogP contribution in [0.3, 0.4) is 0 Å². The molecule has 1 aromatic carbocycles. The lowest BCUT2D eigenvalue weighted by atomic mass is 10.0. The van der Waals surface area contributed by atoms with Crippen molar-refractivity contribution in [3.8, 4) is 5.75 Å². The van der Waals surface area contributed by atoms with Crippen LogP contribution >= 0.6 is 0 Å². The maximum absolute atomic E-state index is 5.69. The Kier molecular flexibility index (Phi) is 6.93. The standard InChI is InChI=1S/C17H29NO/c1-6-7-8-17(18-13(2)3)15-9-11-16(12-10-15)19-14(4)5/h9-14,17-18H,6-8H2,1-5H3. The van der Waals surface area contributed by atoms with E-state index in [-0.39, 0.29) is 6.10 Å². The van der Waals surface area contributed by atoms with Gasteiger partial charge in [-0.25, -0.2) is 0 Å². The fourth-order valence-electron chi connectivity index (χ4n) is 2.21. The number of unbranched alkanes of at least 4 members (excludes halogenated alkanes) is 1. The highest BCUT2D eigenvalue weighted by Crippen LogP contribution is 2.23. The average molecular weight is 263 g/mol. The van der Waals surface area contributed by atoms with E-state index in [1.54, 1.807) is 0 Å². The molecule has 0 radical (unpaired) electrons. The van der Waals surface area contributed by atoms with Gasteiger partial charge in [0.2, 0.25) is 0 Å².